The van der Waals surface area contributed by atoms with Gasteiger partial charge in [-0.05, 0) is 63.7 Å². The molecule has 0 spiro atoms. The lowest BCUT2D eigenvalue weighted by molar-refractivity contribution is 0.0534. The van der Waals surface area contributed by atoms with Crippen LogP contribution >= 0.6 is 0 Å². The van der Waals surface area contributed by atoms with Gasteiger partial charge in [-0.3, -0.25) is 4.98 Å². The van der Waals surface area contributed by atoms with E-state index in [9.17, 15) is 4.79 Å². The highest BCUT2D eigenvalue weighted by atomic mass is 16.2. The molecule has 5 nitrogen and oxygen atoms in total. The molecule has 0 saturated carbocycles. The Morgan fingerprint density at radius 3 is 3.00 bits per heavy atom. The third-order valence-corrected chi connectivity index (χ3v) is 5.19. The van der Waals surface area contributed by atoms with Gasteiger partial charge in [-0.25, -0.2) is 4.79 Å². The quantitative estimate of drug-likeness (QED) is 0.928. The van der Waals surface area contributed by atoms with E-state index in [0.29, 0.717) is 18.5 Å². The Morgan fingerprint density at radius 2 is 2.22 bits per heavy atom. The number of nitrogens with one attached hydrogen (secondary N) is 1. The highest BCUT2D eigenvalue weighted by Crippen LogP contribution is 2.29. The van der Waals surface area contributed by atoms with Crippen LogP contribution in [0.15, 0.2) is 18.3 Å². The summed E-state index contributed by atoms with van der Waals surface area (Å²) in [7, 11) is 2.19. The largest absolute Gasteiger partial charge is 0.338 e. The van der Waals surface area contributed by atoms with Crippen LogP contribution < -0.4 is 5.32 Å². The molecule has 1 aromatic rings. The van der Waals surface area contributed by atoms with E-state index in [0.717, 1.165) is 44.6 Å². The summed E-state index contributed by atoms with van der Waals surface area (Å²) in [5, 5.41) is 3.11. The minimum Gasteiger partial charge on any atom is -0.338 e. The van der Waals surface area contributed by atoms with Crippen molar-refractivity contribution in [3.05, 3.63) is 29.6 Å². The number of rotatable bonds is 3. The fourth-order valence-corrected chi connectivity index (χ4v) is 3.90. The summed E-state index contributed by atoms with van der Waals surface area (Å²) in [5.74, 6) is 0.648. The van der Waals surface area contributed by atoms with Gasteiger partial charge in [0.05, 0.1) is 0 Å². The van der Waals surface area contributed by atoms with Crippen LogP contribution in [-0.2, 0) is 6.42 Å². The lowest BCUT2D eigenvalue weighted by Gasteiger charge is -2.46. The Kier molecular flexibility index (Phi) is 5.16. The lowest BCUT2D eigenvalue weighted by atomic mass is 9.84. The molecule has 0 unspecified atom stereocenters. The molecule has 0 bridgehead atoms. The van der Waals surface area contributed by atoms with E-state index in [1.807, 2.05) is 19.2 Å². The maximum absolute atomic E-state index is 12.6. The molecule has 0 aliphatic carbocycles. The summed E-state index contributed by atoms with van der Waals surface area (Å²) in [6.45, 7) is 5.80. The number of likely N-dealkylation sites (tertiary alicyclic amines) is 2. The van der Waals surface area contributed by atoms with Gasteiger partial charge in [0.1, 0.15) is 0 Å². The van der Waals surface area contributed by atoms with Crippen LogP contribution in [0.3, 0.4) is 0 Å². The molecule has 0 aromatic carbocycles. The minimum absolute atomic E-state index is 0.115. The van der Waals surface area contributed by atoms with E-state index < -0.39 is 0 Å². The summed E-state index contributed by atoms with van der Waals surface area (Å²) in [6.07, 6.45) is 6.23. The second-order valence-electron chi connectivity index (χ2n) is 7.00. The number of fused-ring (bicyclic) bond motifs is 1. The van der Waals surface area contributed by atoms with E-state index in [-0.39, 0.29) is 6.03 Å². The number of pyridine rings is 1. The number of aromatic nitrogens is 1. The maximum atomic E-state index is 12.6. The molecule has 23 heavy (non-hydrogen) atoms. The van der Waals surface area contributed by atoms with Crippen LogP contribution in [0.4, 0.5) is 4.79 Å². The number of nitrogens with zero attached hydrogens (tertiary/aromatic N) is 3. The Balaban J connectivity index is 1.50. The number of hydrogen-bond donors (Lipinski definition) is 1. The monoisotopic (exact) mass is 316 g/mol. The van der Waals surface area contributed by atoms with Gasteiger partial charge in [-0.15, -0.1) is 0 Å². The fourth-order valence-electron chi connectivity index (χ4n) is 3.90. The normalized spacial score (nSPS) is 25.0. The van der Waals surface area contributed by atoms with Crippen LogP contribution in [0, 0.1) is 12.8 Å². The van der Waals surface area contributed by atoms with Crippen molar-refractivity contribution in [2.75, 3.05) is 33.2 Å². The minimum atomic E-state index is 0.115. The molecule has 1 N–H and O–H groups in total. The fraction of sp³-hybridized carbons (Fsp3) is 0.667. The van der Waals surface area contributed by atoms with Crippen LogP contribution in [0.2, 0.25) is 0 Å². The Hall–Kier alpha value is -1.62. The maximum Gasteiger partial charge on any atom is 0.317 e. The predicted molar refractivity (Wildman–Crippen MR) is 91.4 cm³/mol. The van der Waals surface area contributed by atoms with Crippen molar-refractivity contribution in [3.8, 4) is 0 Å². The number of hydrogen-bond acceptors (Lipinski definition) is 3. The molecule has 126 valence electrons. The summed E-state index contributed by atoms with van der Waals surface area (Å²) in [4.78, 5) is 21.4. The average molecular weight is 316 g/mol. The zero-order valence-corrected chi connectivity index (χ0v) is 14.3. The summed E-state index contributed by atoms with van der Waals surface area (Å²) in [6, 6.07) is 4.65. The number of amides is 2. The summed E-state index contributed by atoms with van der Waals surface area (Å²) >= 11 is 0. The molecule has 2 saturated heterocycles. The number of aryl methyl sites for hydroxylation is 1. The molecule has 2 fully saturated rings. The van der Waals surface area contributed by atoms with Crippen molar-refractivity contribution in [3.63, 3.8) is 0 Å². The van der Waals surface area contributed by atoms with Gasteiger partial charge in [0.25, 0.3) is 0 Å². The zero-order valence-electron chi connectivity index (χ0n) is 14.3. The highest BCUT2D eigenvalue weighted by molar-refractivity contribution is 5.74. The molecule has 2 aliphatic rings. The Labute approximate surface area is 139 Å². The molecule has 2 amide bonds. The van der Waals surface area contributed by atoms with Crippen LogP contribution in [0.5, 0.6) is 0 Å². The first-order valence-electron chi connectivity index (χ1n) is 8.78. The van der Waals surface area contributed by atoms with Crippen LogP contribution in [0.1, 0.15) is 30.5 Å². The van der Waals surface area contributed by atoms with Gasteiger partial charge < -0.3 is 15.1 Å². The first kappa shape index (κ1) is 16.2. The first-order valence-corrected chi connectivity index (χ1v) is 8.78. The molecular weight excluding hydrogens is 288 g/mol. The van der Waals surface area contributed by atoms with Crippen molar-refractivity contribution in [1.82, 2.24) is 20.1 Å². The standard InChI is InChI=1S/C18H28N4O/c1-14-5-6-15(12-20-14)7-9-19-18(23)22-10-3-4-16-13-21(2)11-8-17(16)22/h5-6,12,16-17H,3-4,7-11,13H2,1-2H3,(H,19,23)/t16-,17+/m1/s1. The Morgan fingerprint density at radius 1 is 1.35 bits per heavy atom. The van der Waals surface area contributed by atoms with Crippen molar-refractivity contribution < 1.29 is 4.79 Å². The van der Waals surface area contributed by atoms with E-state index in [4.69, 9.17) is 0 Å². The highest BCUT2D eigenvalue weighted by Gasteiger charge is 2.37. The molecule has 3 heterocycles. The van der Waals surface area contributed by atoms with E-state index in [1.54, 1.807) is 0 Å². The smallest absolute Gasteiger partial charge is 0.317 e. The predicted octanol–water partition coefficient (Wildman–Crippen LogP) is 2.06. The first-order chi connectivity index (χ1) is 11.1. The van der Waals surface area contributed by atoms with Crippen LogP contribution in [-0.4, -0.2) is 60.1 Å². The molecule has 5 heteroatoms. The lowest BCUT2D eigenvalue weighted by Crippen LogP contribution is -2.57. The number of carbonyl (C=O) groups is 1. The van der Waals surface area contributed by atoms with E-state index in [1.165, 1.54) is 12.0 Å². The third-order valence-electron chi connectivity index (χ3n) is 5.19. The molecule has 1 aromatic heterocycles. The van der Waals surface area contributed by atoms with Crippen molar-refractivity contribution in [1.29, 1.82) is 0 Å². The topological polar surface area (TPSA) is 48.5 Å². The number of urea groups is 1. The molecule has 2 aliphatic heterocycles. The molecule has 3 rings (SSSR count). The number of piperidine rings is 2. The van der Waals surface area contributed by atoms with Gasteiger partial charge >= 0.3 is 6.03 Å². The van der Waals surface area contributed by atoms with Gasteiger partial charge in [0, 0.05) is 37.6 Å². The van der Waals surface area contributed by atoms with Crippen molar-refractivity contribution in [2.45, 2.75) is 38.6 Å². The van der Waals surface area contributed by atoms with Gasteiger partial charge in [0.15, 0.2) is 0 Å². The summed E-state index contributed by atoms with van der Waals surface area (Å²) in [5.41, 5.74) is 2.20. The molecule has 0 radical (unpaired) electrons. The molecule has 2 atom stereocenters. The third kappa shape index (κ3) is 4.02. The number of carbonyl (C=O) groups excluding carboxylic acids is 1. The van der Waals surface area contributed by atoms with E-state index >= 15 is 0 Å². The second-order valence-corrected chi connectivity index (χ2v) is 7.00. The second kappa shape index (κ2) is 7.30. The SMILES string of the molecule is Cc1ccc(CCNC(=O)N2CCC[C@@H]3CN(C)CC[C@@H]32)cn1. The van der Waals surface area contributed by atoms with E-state index in [2.05, 4.69) is 33.2 Å². The van der Waals surface area contributed by atoms with Gasteiger partial charge in [0.2, 0.25) is 0 Å². The molecular formula is C18H28N4O. The Bertz CT molecular complexity index is 530. The van der Waals surface area contributed by atoms with Gasteiger partial charge in [-0.1, -0.05) is 6.07 Å². The average Bonchev–Trinajstić information content (AvgIpc) is 2.55. The van der Waals surface area contributed by atoms with Crippen LogP contribution in [0.25, 0.3) is 0 Å². The summed E-state index contributed by atoms with van der Waals surface area (Å²) < 4.78 is 0. The van der Waals surface area contributed by atoms with Crippen molar-refractivity contribution >= 4 is 6.03 Å². The van der Waals surface area contributed by atoms with Gasteiger partial charge in [-0.2, -0.15) is 0 Å². The van der Waals surface area contributed by atoms with Crippen molar-refractivity contribution in [2.24, 2.45) is 5.92 Å². The zero-order chi connectivity index (χ0) is 16.2.